The minimum absolute atomic E-state index is 0.0273. The first-order valence-electron chi connectivity index (χ1n) is 22.6. The number of hydrogen-bond acceptors (Lipinski definition) is 12. The summed E-state index contributed by atoms with van der Waals surface area (Å²) in [6, 6.07) is 18.4. The van der Waals surface area contributed by atoms with Gasteiger partial charge in [-0.1, -0.05) is 98.7 Å². The number of nitrogens with two attached hydrogens (primary N) is 1. The van der Waals surface area contributed by atoms with E-state index in [2.05, 4.69) is 135 Å². The van der Waals surface area contributed by atoms with Gasteiger partial charge in [-0.3, -0.25) is 4.57 Å². The zero-order valence-corrected chi connectivity index (χ0v) is 45.5. The van der Waals surface area contributed by atoms with E-state index in [1.165, 1.54) is 6.33 Å². The highest BCUT2D eigenvalue weighted by Gasteiger charge is 2.56. The third kappa shape index (κ3) is 12.3. The summed E-state index contributed by atoms with van der Waals surface area (Å²) in [6.45, 7) is 35.0. The Labute approximate surface area is 391 Å². The zero-order chi connectivity index (χ0) is 48.6. The molecule has 0 aliphatic carbocycles. The van der Waals surface area contributed by atoms with E-state index in [9.17, 15) is 13.7 Å². The summed E-state index contributed by atoms with van der Waals surface area (Å²) in [5.74, 6) is 1.39. The van der Waals surface area contributed by atoms with Crippen LogP contribution in [0.25, 0.3) is 22.2 Å². The fourth-order valence-electron chi connectivity index (χ4n) is 6.83. The molecule has 4 aromatic rings. The second-order valence-electron chi connectivity index (χ2n) is 21.9. The lowest BCUT2D eigenvalue weighted by Gasteiger charge is -2.44. The SMILES string of the molecule is CC(C)(C)[Si](C)(C)OC[C@H]1O[C@@H](n2c(NCc3ccc(-c4cccc(OCCCNS(C)(=O)=O)c4)cc3)c(C#N)c3c(N)ncnc32)[C@H](O[Si](C)(C)C(C)(C)C)[C@@H]1O[Si](C)(C)C(C)(C)C. The molecule has 0 radical (unpaired) electrons. The normalized spacial score (nSPS) is 19.1. The molecule has 2 aromatic carbocycles. The van der Waals surface area contributed by atoms with Gasteiger partial charge >= 0.3 is 0 Å². The van der Waals surface area contributed by atoms with E-state index in [1.807, 2.05) is 41.0 Å². The molecular weight excluding hydrogens is 891 g/mol. The molecule has 2 aromatic heterocycles. The first-order valence-corrected chi connectivity index (χ1v) is 33.2. The highest BCUT2D eigenvalue weighted by molar-refractivity contribution is 7.88. The highest BCUT2D eigenvalue weighted by atomic mass is 32.2. The van der Waals surface area contributed by atoms with Gasteiger partial charge in [-0.25, -0.2) is 23.1 Å². The summed E-state index contributed by atoms with van der Waals surface area (Å²) in [5.41, 5.74) is 10.3. The summed E-state index contributed by atoms with van der Waals surface area (Å²) in [5, 5.41) is 14.7. The van der Waals surface area contributed by atoms with Crippen molar-refractivity contribution in [2.45, 2.75) is 154 Å². The number of fused-ring (bicyclic) bond motifs is 1. The van der Waals surface area contributed by atoms with Crippen molar-refractivity contribution in [2.75, 3.05) is 37.1 Å². The second-order valence-corrected chi connectivity index (χ2v) is 38.1. The van der Waals surface area contributed by atoms with Crippen LogP contribution in [-0.4, -0.2) is 92.2 Å². The summed E-state index contributed by atoms with van der Waals surface area (Å²) in [4.78, 5) is 9.11. The maximum Gasteiger partial charge on any atom is 0.208 e. The zero-order valence-electron chi connectivity index (χ0n) is 41.7. The molecule has 4 atom stereocenters. The average molecular weight is 966 g/mol. The average Bonchev–Trinajstić information content (AvgIpc) is 3.68. The number of sulfonamides is 1. The van der Waals surface area contributed by atoms with Crippen LogP contribution in [0.3, 0.4) is 0 Å². The molecule has 1 saturated heterocycles. The van der Waals surface area contributed by atoms with Gasteiger partial charge in [-0.05, 0) is 89.6 Å². The lowest BCUT2D eigenvalue weighted by Crippen LogP contribution is -2.54. The summed E-state index contributed by atoms with van der Waals surface area (Å²) in [7, 11) is -10.4. The highest BCUT2D eigenvalue weighted by Crippen LogP contribution is 2.49. The van der Waals surface area contributed by atoms with E-state index >= 15 is 0 Å². The smallest absolute Gasteiger partial charge is 0.208 e. The second kappa shape index (κ2) is 19.5. The van der Waals surface area contributed by atoms with Crippen molar-refractivity contribution in [1.82, 2.24) is 19.3 Å². The van der Waals surface area contributed by atoms with Crippen molar-refractivity contribution in [2.24, 2.45) is 0 Å². The van der Waals surface area contributed by atoms with Crippen molar-refractivity contribution in [3.8, 4) is 22.9 Å². The topological polar surface area (TPSA) is 185 Å². The Balaban J connectivity index is 1.55. The maximum atomic E-state index is 11.4. The predicted molar refractivity (Wildman–Crippen MR) is 270 cm³/mol. The number of ether oxygens (including phenoxy) is 2. The molecule has 1 fully saturated rings. The maximum absolute atomic E-state index is 11.4. The van der Waals surface area contributed by atoms with Gasteiger partial charge in [-0.2, -0.15) is 5.26 Å². The molecule has 0 unspecified atom stereocenters. The molecule has 65 heavy (non-hydrogen) atoms. The quantitative estimate of drug-likeness (QED) is 0.0634. The van der Waals surface area contributed by atoms with Gasteiger partial charge in [0.1, 0.15) is 53.7 Å². The number of hydrogen-bond donors (Lipinski definition) is 3. The Morgan fingerprint density at radius 2 is 1.45 bits per heavy atom. The van der Waals surface area contributed by atoms with Crippen LogP contribution in [0.1, 0.15) is 86.1 Å². The third-order valence-corrected chi connectivity index (χ3v) is 28.1. The summed E-state index contributed by atoms with van der Waals surface area (Å²) >= 11 is 0. The Morgan fingerprint density at radius 1 is 0.846 bits per heavy atom. The number of nitriles is 1. The van der Waals surface area contributed by atoms with Crippen LogP contribution >= 0.6 is 0 Å². The fraction of sp³-hybridized carbons (Fsp3) is 0.596. The molecule has 14 nitrogen and oxygen atoms in total. The van der Waals surface area contributed by atoms with E-state index in [0.29, 0.717) is 60.9 Å². The van der Waals surface area contributed by atoms with Gasteiger partial charge in [0.15, 0.2) is 36.8 Å². The molecule has 4 N–H and O–H groups in total. The van der Waals surface area contributed by atoms with Crippen LogP contribution in [0.5, 0.6) is 5.75 Å². The van der Waals surface area contributed by atoms with Crippen LogP contribution in [0.4, 0.5) is 11.6 Å². The number of aromatic nitrogens is 3. The standard InChI is InChI=1S/C47H75N7O7SSi3/c1-45(2,3)63(11,12)58-30-37-39(60-64(13,14)46(4,5)6)40(61-65(15,16)47(7,8)9)44(59-37)54-42(36(28-48)38-41(49)51-31-52-43(38)54)50-29-32-21-23-33(24-22-32)34-19-17-20-35(27-34)57-26-18-25-53-62(10,55)56/h17,19-24,27,31,37,39-40,44,50,53H,18,25-26,29-30H2,1-16H3,(H2,49,51,52)/t37-,39-,40-,44-/m1/s1. The van der Waals surface area contributed by atoms with Gasteiger partial charge < -0.3 is 33.8 Å². The van der Waals surface area contributed by atoms with E-state index in [0.717, 1.165) is 22.9 Å². The van der Waals surface area contributed by atoms with Gasteiger partial charge in [0.2, 0.25) is 10.0 Å². The van der Waals surface area contributed by atoms with Crippen LogP contribution < -0.4 is 20.5 Å². The molecule has 18 heteroatoms. The summed E-state index contributed by atoms with van der Waals surface area (Å²) < 4.78 is 62.3. The van der Waals surface area contributed by atoms with Crippen LogP contribution in [0.2, 0.25) is 54.4 Å². The minimum atomic E-state index is -3.24. The largest absolute Gasteiger partial charge is 0.494 e. The van der Waals surface area contributed by atoms with Crippen molar-refractivity contribution in [3.63, 3.8) is 0 Å². The van der Waals surface area contributed by atoms with E-state index < -0.39 is 59.5 Å². The molecule has 5 rings (SSSR count). The van der Waals surface area contributed by atoms with Gasteiger partial charge in [0, 0.05) is 13.1 Å². The molecule has 0 spiro atoms. The number of rotatable bonds is 18. The first kappa shape index (κ1) is 52.3. The van der Waals surface area contributed by atoms with Crippen molar-refractivity contribution < 1.29 is 31.2 Å². The van der Waals surface area contributed by atoms with Crippen LogP contribution in [0.15, 0.2) is 54.9 Å². The first-order chi connectivity index (χ1) is 29.9. The lowest BCUT2D eigenvalue weighted by atomic mass is 10.0. The van der Waals surface area contributed by atoms with Crippen LogP contribution in [-0.2, 0) is 34.6 Å². The minimum Gasteiger partial charge on any atom is -0.494 e. The van der Waals surface area contributed by atoms with Gasteiger partial charge in [-0.15, -0.1) is 0 Å². The van der Waals surface area contributed by atoms with Crippen LogP contribution in [0, 0.1) is 11.3 Å². The Kier molecular flexibility index (Phi) is 15.7. The van der Waals surface area contributed by atoms with Crippen molar-refractivity contribution >= 4 is 57.6 Å². The number of nitrogens with one attached hydrogen (secondary N) is 2. The predicted octanol–water partition coefficient (Wildman–Crippen LogP) is 10.2. The number of nitrogen functional groups attached to an aromatic ring is 1. The van der Waals surface area contributed by atoms with Crippen molar-refractivity contribution in [3.05, 3.63) is 66.0 Å². The molecule has 0 bridgehead atoms. The van der Waals surface area contributed by atoms with Gasteiger partial charge in [0.25, 0.3) is 0 Å². The van der Waals surface area contributed by atoms with Gasteiger partial charge in [0.05, 0.1) is 24.9 Å². The number of nitrogens with zero attached hydrogens (tertiary/aromatic N) is 4. The monoisotopic (exact) mass is 965 g/mol. The van der Waals surface area contributed by atoms with E-state index in [-0.39, 0.29) is 20.9 Å². The number of benzene rings is 2. The van der Waals surface area contributed by atoms with E-state index in [4.69, 9.17) is 33.5 Å². The molecule has 358 valence electrons. The Bertz CT molecular complexity index is 2440. The third-order valence-electron chi connectivity index (χ3n) is 13.9. The molecule has 0 saturated carbocycles. The lowest BCUT2D eigenvalue weighted by molar-refractivity contribution is -0.0459. The fourth-order valence-corrected chi connectivity index (χ4v) is 11.0. The summed E-state index contributed by atoms with van der Waals surface area (Å²) in [6.07, 6.45) is 0.738. The molecule has 1 aliphatic rings. The molecule has 3 heterocycles. The Morgan fingerprint density at radius 3 is 2.02 bits per heavy atom. The number of anilines is 2. The Hall–Kier alpha value is -3.65. The molecule has 1 aliphatic heterocycles. The molecular formula is C47H75N7O7SSi3. The van der Waals surface area contributed by atoms with E-state index in [1.54, 1.807) is 0 Å². The van der Waals surface area contributed by atoms with Crippen molar-refractivity contribution in [1.29, 1.82) is 5.26 Å². The molecule has 0 amide bonds.